The summed E-state index contributed by atoms with van der Waals surface area (Å²) in [6.45, 7) is 4.09. The van der Waals surface area contributed by atoms with Crippen LogP contribution in [-0.2, 0) is 6.42 Å². The summed E-state index contributed by atoms with van der Waals surface area (Å²) in [5.74, 6) is 1.07. The quantitative estimate of drug-likeness (QED) is 0.414. The van der Waals surface area contributed by atoms with Crippen molar-refractivity contribution in [3.8, 4) is 0 Å². The molecule has 0 amide bonds. The van der Waals surface area contributed by atoms with E-state index in [9.17, 15) is 0 Å². The van der Waals surface area contributed by atoms with Crippen LogP contribution in [0.5, 0.6) is 0 Å². The Bertz CT molecular complexity index is 1070. The van der Waals surface area contributed by atoms with Crippen LogP contribution >= 0.6 is 0 Å². The van der Waals surface area contributed by atoms with E-state index in [1.54, 1.807) is 0 Å². The molecule has 0 atom stereocenters. The third-order valence-corrected chi connectivity index (χ3v) is 6.29. The van der Waals surface area contributed by atoms with E-state index in [2.05, 4.69) is 138 Å². The Balaban J connectivity index is 0.000000275. The van der Waals surface area contributed by atoms with E-state index < -0.39 is 6.15 Å². The fraction of sp³-hybridized carbons (Fsp3) is 0.100. The van der Waals surface area contributed by atoms with Crippen molar-refractivity contribution < 1.29 is 0 Å². The first kappa shape index (κ1) is 22.4. The minimum absolute atomic E-state index is 0.994. The lowest BCUT2D eigenvalue weighted by Gasteiger charge is -2.44. The number of rotatable bonds is 5. The van der Waals surface area contributed by atoms with Crippen LogP contribution in [0, 0.1) is 6.92 Å². The van der Waals surface area contributed by atoms with Gasteiger partial charge >= 0.3 is 0 Å². The molecule has 2 nitrogen and oxygen atoms in total. The fourth-order valence-electron chi connectivity index (χ4n) is 4.77. The third kappa shape index (κ3) is 4.83. The van der Waals surface area contributed by atoms with Gasteiger partial charge in [0.1, 0.15) is 12.0 Å². The number of aromatic nitrogens is 2. The van der Waals surface area contributed by atoms with Crippen LogP contribution in [0.3, 0.4) is 0 Å². The Labute approximate surface area is 197 Å². The molecule has 0 aliphatic heterocycles. The van der Waals surface area contributed by atoms with Crippen molar-refractivity contribution in [1.82, 2.24) is 9.97 Å². The summed E-state index contributed by atoms with van der Waals surface area (Å²) in [7, 11) is 0. The molecule has 0 radical (unpaired) electrons. The highest BCUT2D eigenvalue weighted by Crippen LogP contribution is 2.09. The largest absolute Gasteiger partial charge is 0.346 e. The highest BCUT2D eigenvalue weighted by atomic mass is 14.9. The molecule has 5 rings (SSSR count). The molecule has 0 unspecified atom stereocenters. The van der Waals surface area contributed by atoms with Crippen molar-refractivity contribution in [1.29, 1.82) is 0 Å². The molecule has 0 saturated heterocycles. The maximum atomic E-state index is 4.08. The fourth-order valence-corrected chi connectivity index (χ4v) is 4.77. The van der Waals surface area contributed by atoms with Gasteiger partial charge in [-0.05, 0) is 6.92 Å². The van der Waals surface area contributed by atoms with E-state index in [4.69, 9.17) is 0 Å². The zero-order valence-corrected chi connectivity index (χ0v) is 19.4. The van der Waals surface area contributed by atoms with E-state index >= 15 is 0 Å². The van der Waals surface area contributed by atoms with Gasteiger partial charge in [0, 0.05) is 18.3 Å². The molecular weight excluding hydrogens is 399 g/mol. The molecule has 0 aliphatic carbocycles. The number of nitrogens with one attached hydrogen (secondary N) is 1. The standard InChI is InChI=1S/C24H20B.C6H10N2/c1-5-13-21(14-6-1)25(22-15-7-2-8-16-22,23-17-9-3-10-18-23)24-19-11-4-12-20-24;1-3-6-7-4-5(2)8-6/h1-20H;4H,3H2,1-2H3,(H,7,8)/q-1;. The van der Waals surface area contributed by atoms with Gasteiger partial charge < -0.3 is 4.98 Å². The molecule has 164 valence electrons. The average molecular weight is 429 g/mol. The lowest BCUT2D eigenvalue weighted by atomic mass is 9.13. The van der Waals surface area contributed by atoms with Crippen LogP contribution < -0.4 is 21.9 Å². The van der Waals surface area contributed by atoms with Gasteiger partial charge in [0.25, 0.3) is 0 Å². The van der Waals surface area contributed by atoms with Crippen LogP contribution in [0.15, 0.2) is 128 Å². The Morgan fingerprint density at radius 1 is 0.576 bits per heavy atom. The monoisotopic (exact) mass is 429 g/mol. The minimum atomic E-state index is -1.22. The first-order chi connectivity index (χ1) is 16.2. The third-order valence-electron chi connectivity index (χ3n) is 6.29. The van der Waals surface area contributed by atoms with Crippen molar-refractivity contribution >= 4 is 28.0 Å². The number of aryl methyl sites for hydroxylation is 2. The van der Waals surface area contributed by atoms with E-state index in [1.165, 1.54) is 21.9 Å². The molecule has 1 heterocycles. The van der Waals surface area contributed by atoms with Gasteiger partial charge in [0.2, 0.25) is 0 Å². The van der Waals surface area contributed by atoms with Crippen LogP contribution in [0.1, 0.15) is 18.4 Å². The van der Waals surface area contributed by atoms with Crippen LogP contribution in [0.4, 0.5) is 0 Å². The van der Waals surface area contributed by atoms with Crippen molar-refractivity contribution in [2.24, 2.45) is 0 Å². The molecule has 0 aliphatic rings. The topological polar surface area (TPSA) is 28.7 Å². The van der Waals surface area contributed by atoms with Crippen LogP contribution in [0.2, 0.25) is 0 Å². The van der Waals surface area contributed by atoms with Gasteiger partial charge in [-0.3, -0.25) is 0 Å². The van der Waals surface area contributed by atoms with E-state index in [1.807, 2.05) is 13.1 Å². The molecule has 1 N–H and O–H groups in total. The van der Waals surface area contributed by atoms with E-state index in [0.29, 0.717) is 0 Å². The number of benzene rings is 4. The molecule has 0 saturated carbocycles. The lowest BCUT2D eigenvalue weighted by molar-refractivity contribution is 0.982. The Kier molecular flexibility index (Phi) is 7.21. The van der Waals surface area contributed by atoms with E-state index in [0.717, 1.165) is 17.9 Å². The molecule has 0 bridgehead atoms. The zero-order chi connectivity index (χ0) is 22.9. The highest BCUT2D eigenvalue weighted by Gasteiger charge is 2.30. The smallest absolute Gasteiger partial charge is 0.108 e. The highest BCUT2D eigenvalue weighted by molar-refractivity contribution is 7.19. The SMILES string of the molecule is CCc1ncc(C)[nH]1.c1ccc([B-](c2ccccc2)(c2ccccc2)c2ccccc2)cc1. The molecule has 3 heteroatoms. The van der Waals surface area contributed by atoms with Gasteiger partial charge in [-0.15, -0.1) is 0 Å². The van der Waals surface area contributed by atoms with Crippen molar-refractivity contribution in [3.63, 3.8) is 0 Å². The number of imidazole rings is 1. The summed E-state index contributed by atoms with van der Waals surface area (Å²) in [4.78, 5) is 7.19. The second-order valence-electron chi connectivity index (χ2n) is 8.38. The number of aromatic amines is 1. The van der Waals surface area contributed by atoms with Crippen molar-refractivity contribution in [3.05, 3.63) is 139 Å². The number of hydrogen-bond donors (Lipinski definition) is 1. The Hall–Kier alpha value is -3.85. The molecule has 5 aromatic rings. The summed E-state index contributed by atoms with van der Waals surface area (Å²) in [5.41, 5.74) is 6.50. The first-order valence-corrected chi connectivity index (χ1v) is 11.6. The Morgan fingerprint density at radius 2 is 0.909 bits per heavy atom. The first-order valence-electron chi connectivity index (χ1n) is 11.6. The van der Waals surface area contributed by atoms with Gasteiger partial charge in [-0.2, -0.15) is 21.9 Å². The molecule has 0 fully saturated rings. The number of nitrogens with zero attached hydrogens (tertiary/aromatic N) is 1. The summed E-state index contributed by atoms with van der Waals surface area (Å²) in [6.07, 6.45) is 1.62. The summed E-state index contributed by atoms with van der Waals surface area (Å²) >= 11 is 0. The second kappa shape index (κ2) is 10.6. The van der Waals surface area contributed by atoms with Crippen molar-refractivity contribution in [2.75, 3.05) is 0 Å². The number of H-pyrrole nitrogens is 1. The van der Waals surface area contributed by atoms with Gasteiger partial charge in [-0.1, -0.05) is 128 Å². The normalized spacial score (nSPS) is 10.8. The van der Waals surface area contributed by atoms with Gasteiger partial charge in [-0.25, -0.2) is 4.98 Å². The van der Waals surface area contributed by atoms with E-state index in [-0.39, 0.29) is 0 Å². The molecular formula is C30H30BN2-. The van der Waals surface area contributed by atoms with Gasteiger partial charge in [0.05, 0.1) is 0 Å². The predicted octanol–water partition coefficient (Wildman–Crippen LogP) is 4.34. The number of hydrogen-bond acceptors (Lipinski definition) is 1. The maximum absolute atomic E-state index is 4.08. The molecule has 1 aromatic heterocycles. The maximum Gasteiger partial charge on any atom is 0.108 e. The lowest BCUT2D eigenvalue weighted by Crippen LogP contribution is -2.74. The van der Waals surface area contributed by atoms with Crippen LogP contribution in [0.25, 0.3) is 0 Å². The van der Waals surface area contributed by atoms with Crippen LogP contribution in [-0.4, -0.2) is 16.1 Å². The molecule has 4 aromatic carbocycles. The molecule has 0 spiro atoms. The minimum Gasteiger partial charge on any atom is -0.346 e. The summed E-state index contributed by atoms with van der Waals surface area (Å²) < 4.78 is 0. The average Bonchev–Trinajstić information content (AvgIpc) is 3.33. The second-order valence-corrected chi connectivity index (χ2v) is 8.38. The Morgan fingerprint density at radius 3 is 1.12 bits per heavy atom. The van der Waals surface area contributed by atoms with Gasteiger partial charge in [0.15, 0.2) is 0 Å². The summed E-state index contributed by atoms with van der Waals surface area (Å²) in [5, 5.41) is 0. The molecule has 33 heavy (non-hydrogen) atoms. The zero-order valence-electron chi connectivity index (χ0n) is 19.4. The van der Waals surface area contributed by atoms with Crippen molar-refractivity contribution in [2.45, 2.75) is 20.3 Å². The summed E-state index contributed by atoms with van der Waals surface area (Å²) in [6, 6.07) is 43.5. The predicted molar refractivity (Wildman–Crippen MR) is 143 cm³/mol.